The first kappa shape index (κ1) is 13.8. The Bertz CT molecular complexity index is 838. The standard InChI is InChI=1S/C13H8Br2N2O2S/c1-6-11(8-4-7(14)2-3-9(8)15)17-5-10(12(18)19)16-13(17)20-6/h2-5H,1H3,(H,18,19). The molecule has 0 unspecified atom stereocenters. The number of fused-ring (bicyclic) bond motifs is 1. The van der Waals surface area contributed by atoms with Gasteiger partial charge < -0.3 is 5.11 Å². The Kier molecular flexibility index (Phi) is 3.43. The maximum absolute atomic E-state index is 11.0. The second-order valence-corrected chi connectivity index (χ2v) is 7.17. The molecule has 2 aromatic heterocycles. The lowest BCUT2D eigenvalue weighted by Gasteiger charge is -2.06. The fourth-order valence-electron chi connectivity index (χ4n) is 2.05. The lowest BCUT2D eigenvalue weighted by atomic mass is 10.1. The Hall–Kier alpha value is -1.18. The lowest BCUT2D eigenvalue weighted by molar-refractivity contribution is 0.0691. The van der Waals surface area contributed by atoms with Crippen molar-refractivity contribution < 1.29 is 9.90 Å². The van der Waals surface area contributed by atoms with Crippen molar-refractivity contribution in [3.63, 3.8) is 0 Å². The minimum Gasteiger partial charge on any atom is -0.476 e. The molecule has 0 amide bonds. The molecule has 102 valence electrons. The smallest absolute Gasteiger partial charge is 0.356 e. The highest BCUT2D eigenvalue weighted by Crippen LogP contribution is 2.37. The van der Waals surface area contributed by atoms with Gasteiger partial charge in [-0.2, -0.15) is 0 Å². The molecule has 0 atom stereocenters. The molecular formula is C13H8Br2N2O2S. The molecule has 7 heteroatoms. The van der Waals surface area contributed by atoms with Crippen LogP contribution in [0.25, 0.3) is 16.2 Å². The summed E-state index contributed by atoms with van der Waals surface area (Å²) in [5.41, 5.74) is 2.01. The summed E-state index contributed by atoms with van der Waals surface area (Å²) in [5, 5.41) is 9.05. The van der Waals surface area contributed by atoms with Crippen molar-refractivity contribution >= 4 is 54.1 Å². The molecule has 20 heavy (non-hydrogen) atoms. The average Bonchev–Trinajstić information content (AvgIpc) is 2.89. The predicted octanol–water partition coefficient (Wildman–Crippen LogP) is 4.59. The van der Waals surface area contributed by atoms with Gasteiger partial charge in [0.25, 0.3) is 0 Å². The van der Waals surface area contributed by atoms with Crippen LogP contribution in [-0.4, -0.2) is 20.5 Å². The molecule has 4 nitrogen and oxygen atoms in total. The van der Waals surface area contributed by atoms with Gasteiger partial charge in [0.2, 0.25) is 0 Å². The minimum atomic E-state index is -1.02. The number of carbonyl (C=O) groups is 1. The van der Waals surface area contributed by atoms with Crippen molar-refractivity contribution in [1.29, 1.82) is 0 Å². The molecule has 0 bridgehead atoms. The maximum Gasteiger partial charge on any atom is 0.356 e. The fraction of sp³-hybridized carbons (Fsp3) is 0.0769. The van der Waals surface area contributed by atoms with E-state index in [-0.39, 0.29) is 5.69 Å². The van der Waals surface area contributed by atoms with Crippen molar-refractivity contribution in [2.75, 3.05) is 0 Å². The summed E-state index contributed by atoms with van der Waals surface area (Å²) >= 11 is 8.48. The topological polar surface area (TPSA) is 54.6 Å². The van der Waals surface area contributed by atoms with Gasteiger partial charge in [-0.25, -0.2) is 9.78 Å². The normalized spacial score (nSPS) is 11.2. The van der Waals surface area contributed by atoms with E-state index in [0.29, 0.717) is 4.96 Å². The average molecular weight is 416 g/mol. The SMILES string of the molecule is Cc1sc2nc(C(=O)O)cn2c1-c1cc(Br)ccc1Br. The fourth-order valence-corrected chi connectivity index (χ4v) is 3.81. The number of aryl methyl sites for hydroxylation is 1. The van der Waals surface area contributed by atoms with Crippen LogP contribution in [0.3, 0.4) is 0 Å². The third kappa shape index (κ3) is 2.19. The number of hydrogen-bond donors (Lipinski definition) is 1. The highest BCUT2D eigenvalue weighted by Gasteiger charge is 2.18. The van der Waals surface area contributed by atoms with Crippen LogP contribution in [0.4, 0.5) is 0 Å². The van der Waals surface area contributed by atoms with E-state index in [2.05, 4.69) is 36.8 Å². The number of imidazole rings is 1. The lowest BCUT2D eigenvalue weighted by Crippen LogP contribution is -1.95. The number of hydrogen-bond acceptors (Lipinski definition) is 3. The van der Waals surface area contributed by atoms with E-state index in [9.17, 15) is 4.79 Å². The first-order chi connectivity index (χ1) is 9.47. The van der Waals surface area contributed by atoms with Crippen LogP contribution in [0, 0.1) is 6.92 Å². The number of nitrogens with zero attached hydrogens (tertiary/aromatic N) is 2. The number of thiazole rings is 1. The molecule has 0 radical (unpaired) electrons. The van der Waals surface area contributed by atoms with E-state index in [4.69, 9.17) is 5.11 Å². The quantitative estimate of drug-likeness (QED) is 0.665. The largest absolute Gasteiger partial charge is 0.476 e. The van der Waals surface area contributed by atoms with Gasteiger partial charge in [-0.15, -0.1) is 11.3 Å². The van der Waals surface area contributed by atoms with Gasteiger partial charge in [-0.05, 0) is 25.1 Å². The molecule has 0 saturated carbocycles. The summed E-state index contributed by atoms with van der Waals surface area (Å²) in [6, 6.07) is 5.90. The molecule has 0 fully saturated rings. The monoisotopic (exact) mass is 414 g/mol. The number of halogens is 2. The van der Waals surface area contributed by atoms with Crippen LogP contribution in [-0.2, 0) is 0 Å². The highest BCUT2D eigenvalue weighted by molar-refractivity contribution is 9.11. The molecule has 1 N–H and O–H groups in total. The molecule has 0 aliphatic heterocycles. The van der Waals surface area contributed by atoms with Gasteiger partial charge in [0.15, 0.2) is 10.7 Å². The van der Waals surface area contributed by atoms with Crippen LogP contribution in [0.5, 0.6) is 0 Å². The van der Waals surface area contributed by atoms with Crippen LogP contribution < -0.4 is 0 Å². The molecule has 2 heterocycles. The third-order valence-electron chi connectivity index (χ3n) is 2.89. The second-order valence-electron chi connectivity index (χ2n) is 4.21. The van der Waals surface area contributed by atoms with Gasteiger partial charge in [-0.3, -0.25) is 4.40 Å². The molecule has 0 saturated heterocycles. The van der Waals surface area contributed by atoms with Crippen LogP contribution >= 0.6 is 43.2 Å². The Balaban J connectivity index is 2.31. The first-order valence-corrected chi connectivity index (χ1v) is 8.05. The van der Waals surface area contributed by atoms with Gasteiger partial charge in [0.1, 0.15) is 0 Å². The number of aromatic carboxylic acids is 1. The van der Waals surface area contributed by atoms with Gasteiger partial charge >= 0.3 is 5.97 Å². The Labute approximate surface area is 135 Å². The minimum absolute atomic E-state index is 0.0589. The van der Waals surface area contributed by atoms with Gasteiger partial charge in [-0.1, -0.05) is 31.9 Å². The van der Waals surface area contributed by atoms with Crippen molar-refractivity contribution in [1.82, 2.24) is 9.38 Å². The molecular weight excluding hydrogens is 408 g/mol. The number of carboxylic acids is 1. The zero-order valence-electron chi connectivity index (χ0n) is 10.2. The van der Waals surface area contributed by atoms with Crippen molar-refractivity contribution in [3.05, 3.63) is 43.9 Å². The Morgan fingerprint density at radius 3 is 2.85 bits per heavy atom. The highest BCUT2D eigenvalue weighted by atomic mass is 79.9. The van der Waals surface area contributed by atoms with E-state index in [1.165, 1.54) is 11.3 Å². The zero-order chi connectivity index (χ0) is 14.4. The van der Waals surface area contributed by atoms with E-state index in [1.54, 1.807) is 6.20 Å². The number of carboxylic acid groups (broad SMARTS) is 1. The molecule has 0 spiro atoms. The van der Waals surface area contributed by atoms with Crippen LogP contribution in [0.2, 0.25) is 0 Å². The summed E-state index contributed by atoms with van der Waals surface area (Å²) in [7, 11) is 0. The molecule has 0 aliphatic carbocycles. The summed E-state index contributed by atoms with van der Waals surface area (Å²) in [6.07, 6.45) is 1.56. The summed E-state index contributed by atoms with van der Waals surface area (Å²) < 4.78 is 3.75. The van der Waals surface area contributed by atoms with E-state index in [1.807, 2.05) is 29.5 Å². The molecule has 3 rings (SSSR count). The molecule has 3 aromatic rings. The predicted molar refractivity (Wildman–Crippen MR) is 85.6 cm³/mol. The van der Waals surface area contributed by atoms with E-state index < -0.39 is 5.97 Å². The van der Waals surface area contributed by atoms with Crippen molar-refractivity contribution in [2.45, 2.75) is 6.92 Å². The number of rotatable bonds is 2. The van der Waals surface area contributed by atoms with Crippen molar-refractivity contribution in [2.24, 2.45) is 0 Å². The van der Waals surface area contributed by atoms with Crippen LogP contribution in [0.15, 0.2) is 33.3 Å². The third-order valence-corrected chi connectivity index (χ3v) is 5.05. The number of benzene rings is 1. The van der Waals surface area contributed by atoms with Gasteiger partial charge in [0, 0.05) is 25.6 Å². The van der Waals surface area contributed by atoms with E-state index in [0.717, 1.165) is 25.1 Å². The van der Waals surface area contributed by atoms with Gasteiger partial charge in [0.05, 0.1) is 5.69 Å². The summed E-state index contributed by atoms with van der Waals surface area (Å²) in [5.74, 6) is -1.02. The first-order valence-electron chi connectivity index (χ1n) is 5.64. The van der Waals surface area contributed by atoms with E-state index >= 15 is 0 Å². The number of aromatic nitrogens is 2. The maximum atomic E-state index is 11.0. The van der Waals surface area contributed by atoms with Crippen LogP contribution in [0.1, 0.15) is 15.4 Å². The molecule has 0 aliphatic rings. The second kappa shape index (κ2) is 4.98. The van der Waals surface area contributed by atoms with Crippen molar-refractivity contribution in [3.8, 4) is 11.3 Å². The summed E-state index contributed by atoms with van der Waals surface area (Å²) in [6.45, 7) is 2.00. The molecule has 1 aromatic carbocycles. The Morgan fingerprint density at radius 1 is 1.40 bits per heavy atom. The zero-order valence-corrected chi connectivity index (χ0v) is 14.2. The summed E-state index contributed by atoms with van der Waals surface area (Å²) in [4.78, 5) is 16.9. The Morgan fingerprint density at radius 2 is 2.15 bits per heavy atom.